The Balaban J connectivity index is 1.37. The minimum Gasteiger partial charge on any atom is -0.367 e. The minimum atomic E-state index is -3.52. The second kappa shape index (κ2) is 11.6. The van der Waals surface area contributed by atoms with Gasteiger partial charge in [0.15, 0.2) is 0 Å². The number of nitrogens with zero attached hydrogens (tertiary/aromatic N) is 3. The number of hydrogen-bond donors (Lipinski definition) is 2. The number of rotatable bonds is 7. The van der Waals surface area contributed by atoms with Crippen molar-refractivity contribution in [2.45, 2.75) is 6.04 Å². The third kappa shape index (κ3) is 6.18. The van der Waals surface area contributed by atoms with Gasteiger partial charge in [0.05, 0.1) is 23.7 Å². The quantitative estimate of drug-likeness (QED) is 0.486. The summed E-state index contributed by atoms with van der Waals surface area (Å²) in [6.45, 7) is 5.90. The van der Waals surface area contributed by atoms with Crippen LogP contribution in [0.3, 0.4) is 0 Å². The highest BCUT2D eigenvalue weighted by Gasteiger charge is 2.28. The van der Waals surface area contributed by atoms with E-state index in [9.17, 15) is 13.2 Å². The fourth-order valence-electron chi connectivity index (χ4n) is 5.38. The molecule has 2 aliphatic heterocycles. The molecule has 0 unspecified atom stereocenters. The molecule has 2 heterocycles. The number of benzene rings is 3. The molecule has 2 N–H and O–H groups in total. The van der Waals surface area contributed by atoms with Gasteiger partial charge in [0.25, 0.3) is 5.91 Å². The van der Waals surface area contributed by atoms with Gasteiger partial charge in [-0.1, -0.05) is 60.7 Å². The summed E-state index contributed by atoms with van der Waals surface area (Å²) in [5, 5.41) is 3.25. The summed E-state index contributed by atoms with van der Waals surface area (Å²) in [5.41, 5.74) is 4.24. The van der Waals surface area contributed by atoms with Gasteiger partial charge in [-0.2, -0.15) is 0 Å². The molecule has 9 heteroatoms. The van der Waals surface area contributed by atoms with Gasteiger partial charge >= 0.3 is 0 Å². The predicted molar refractivity (Wildman–Crippen MR) is 152 cm³/mol. The molecule has 0 saturated carbocycles. The van der Waals surface area contributed by atoms with Crippen LogP contribution in [0.25, 0.3) is 0 Å². The van der Waals surface area contributed by atoms with E-state index in [-0.39, 0.29) is 11.9 Å². The number of amides is 1. The molecule has 200 valence electrons. The van der Waals surface area contributed by atoms with E-state index in [4.69, 9.17) is 0 Å². The molecule has 1 amide bonds. The summed E-state index contributed by atoms with van der Waals surface area (Å²) in [7, 11) is -3.52. The molecule has 2 aliphatic rings. The van der Waals surface area contributed by atoms with Gasteiger partial charge in [-0.05, 0) is 29.3 Å². The normalized spacial score (nSPS) is 17.0. The van der Waals surface area contributed by atoms with Gasteiger partial charge < -0.3 is 15.1 Å². The van der Waals surface area contributed by atoms with Crippen molar-refractivity contribution in [3.63, 3.8) is 0 Å². The van der Waals surface area contributed by atoms with Gasteiger partial charge in [0.2, 0.25) is 10.0 Å². The fraction of sp³-hybridized carbons (Fsp3) is 0.345. The van der Waals surface area contributed by atoms with E-state index in [0.29, 0.717) is 24.3 Å². The van der Waals surface area contributed by atoms with Crippen molar-refractivity contribution in [1.82, 2.24) is 15.1 Å². The zero-order chi connectivity index (χ0) is 26.5. The van der Waals surface area contributed by atoms with E-state index in [1.807, 2.05) is 29.2 Å². The van der Waals surface area contributed by atoms with Crippen molar-refractivity contribution in [3.05, 3.63) is 95.6 Å². The monoisotopic (exact) mass is 533 g/mol. The average Bonchev–Trinajstić information content (AvgIpc) is 2.94. The Bertz CT molecular complexity index is 1300. The molecule has 3 aromatic carbocycles. The van der Waals surface area contributed by atoms with E-state index in [0.717, 1.165) is 51.2 Å². The molecular formula is C29H35N5O3S. The molecule has 38 heavy (non-hydrogen) atoms. The van der Waals surface area contributed by atoms with Crippen molar-refractivity contribution in [3.8, 4) is 0 Å². The van der Waals surface area contributed by atoms with Gasteiger partial charge in [-0.15, -0.1) is 0 Å². The maximum absolute atomic E-state index is 13.1. The fourth-order valence-corrected chi connectivity index (χ4v) is 5.95. The second-order valence-electron chi connectivity index (χ2n) is 9.90. The average molecular weight is 534 g/mol. The van der Waals surface area contributed by atoms with E-state index in [2.05, 4.69) is 68.4 Å². The lowest BCUT2D eigenvalue weighted by atomic mass is 9.96. The third-order valence-electron chi connectivity index (χ3n) is 7.19. The van der Waals surface area contributed by atoms with Crippen LogP contribution in [-0.4, -0.2) is 82.7 Å². The molecule has 2 fully saturated rings. The first kappa shape index (κ1) is 26.2. The van der Waals surface area contributed by atoms with Crippen LogP contribution >= 0.6 is 0 Å². The lowest BCUT2D eigenvalue weighted by Crippen LogP contribution is -2.48. The second-order valence-corrected chi connectivity index (χ2v) is 11.6. The summed E-state index contributed by atoms with van der Waals surface area (Å²) in [6.07, 6.45) is 1.14. The van der Waals surface area contributed by atoms with Crippen molar-refractivity contribution >= 4 is 27.3 Å². The summed E-state index contributed by atoms with van der Waals surface area (Å²) >= 11 is 0. The highest BCUT2D eigenvalue weighted by Crippen LogP contribution is 2.33. The standard InChI is InChI=1S/C29H35N5O3S/c1-38(36,37)31-26-22-25(29(35)34-16-14-30-15-17-34)12-13-27(26)32-18-20-33(21-19-32)28(23-8-4-2-5-9-23)24-10-6-3-7-11-24/h2-13,22,28,30-31H,14-21H2,1H3. The van der Waals surface area contributed by atoms with Crippen LogP contribution < -0.4 is 14.9 Å². The number of hydrogen-bond acceptors (Lipinski definition) is 6. The summed E-state index contributed by atoms with van der Waals surface area (Å²) in [5.74, 6) is -0.0759. The van der Waals surface area contributed by atoms with Gasteiger partial charge in [-0.25, -0.2) is 8.42 Å². The molecule has 2 saturated heterocycles. The van der Waals surface area contributed by atoms with Gasteiger partial charge in [0.1, 0.15) is 0 Å². The Morgan fingerprint density at radius 1 is 0.816 bits per heavy atom. The van der Waals surface area contributed by atoms with Crippen molar-refractivity contribution in [2.75, 3.05) is 68.2 Å². The van der Waals surface area contributed by atoms with Crippen LogP contribution in [0.15, 0.2) is 78.9 Å². The number of carbonyl (C=O) groups excluding carboxylic acids is 1. The zero-order valence-corrected chi connectivity index (χ0v) is 22.5. The van der Waals surface area contributed by atoms with Crippen LogP contribution in [0, 0.1) is 0 Å². The molecule has 0 atom stereocenters. The van der Waals surface area contributed by atoms with Crippen LogP contribution in [0.4, 0.5) is 11.4 Å². The number of sulfonamides is 1. The van der Waals surface area contributed by atoms with Crippen LogP contribution in [-0.2, 0) is 10.0 Å². The number of anilines is 2. The Morgan fingerprint density at radius 3 is 1.95 bits per heavy atom. The molecule has 0 bridgehead atoms. The Hall–Kier alpha value is -3.40. The molecule has 0 radical (unpaired) electrons. The van der Waals surface area contributed by atoms with Crippen LogP contribution in [0.2, 0.25) is 0 Å². The number of piperazine rings is 2. The first-order chi connectivity index (χ1) is 18.4. The first-order valence-electron chi connectivity index (χ1n) is 13.1. The molecule has 0 spiro atoms. The molecule has 0 aliphatic carbocycles. The van der Waals surface area contributed by atoms with Gasteiger partial charge in [-0.3, -0.25) is 14.4 Å². The maximum atomic E-state index is 13.1. The van der Waals surface area contributed by atoms with Crippen LogP contribution in [0.1, 0.15) is 27.5 Å². The SMILES string of the molecule is CS(=O)(=O)Nc1cc(C(=O)N2CCNCC2)ccc1N1CCN(C(c2ccccc2)c2ccccc2)CC1. The van der Waals surface area contributed by atoms with E-state index in [1.54, 1.807) is 6.07 Å². The third-order valence-corrected chi connectivity index (χ3v) is 7.78. The Morgan fingerprint density at radius 2 is 1.39 bits per heavy atom. The van der Waals surface area contributed by atoms with Gasteiger partial charge in [0, 0.05) is 57.9 Å². The van der Waals surface area contributed by atoms with Crippen molar-refractivity contribution in [1.29, 1.82) is 0 Å². The maximum Gasteiger partial charge on any atom is 0.254 e. The van der Waals surface area contributed by atoms with E-state index >= 15 is 0 Å². The molecule has 8 nitrogen and oxygen atoms in total. The summed E-state index contributed by atoms with van der Waals surface area (Å²) < 4.78 is 27.1. The topological polar surface area (TPSA) is 85.0 Å². The largest absolute Gasteiger partial charge is 0.367 e. The first-order valence-corrected chi connectivity index (χ1v) is 15.0. The Kier molecular flexibility index (Phi) is 7.97. The minimum absolute atomic E-state index is 0.0759. The molecule has 0 aromatic heterocycles. The van der Waals surface area contributed by atoms with Crippen molar-refractivity contribution < 1.29 is 13.2 Å². The lowest BCUT2D eigenvalue weighted by Gasteiger charge is -2.41. The highest BCUT2D eigenvalue weighted by molar-refractivity contribution is 7.92. The Labute approximate surface area is 225 Å². The van der Waals surface area contributed by atoms with E-state index in [1.165, 1.54) is 11.1 Å². The highest BCUT2D eigenvalue weighted by atomic mass is 32.2. The predicted octanol–water partition coefficient (Wildman–Crippen LogP) is 3.02. The number of nitrogens with one attached hydrogen (secondary N) is 2. The van der Waals surface area contributed by atoms with Crippen molar-refractivity contribution in [2.24, 2.45) is 0 Å². The molecule has 3 aromatic rings. The lowest BCUT2D eigenvalue weighted by molar-refractivity contribution is 0.0736. The smallest absolute Gasteiger partial charge is 0.254 e. The molecule has 5 rings (SSSR count). The molecular weight excluding hydrogens is 498 g/mol. The summed E-state index contributed by atoms with van der Waals surface area (Å²) in [6, 6.07) is 26.6. The number of carbonyl (C=O) groups is 1. The van der Waals surface area contributed by atoms with E-state index < -0.39 is 10.0 Å². The van der Waals surface area contributed by atoms with Crippen LogP contribution in [0.5, 0.6) is 0 Å². The zero-order valence-electron chi connectivity index (χ0n) is 21.7. The summed E-state index contributed by atoms with van der Waals surface area (Å²) in [4.78, 5) is 19.6.